The minimum Gasteiger partial charge on any atom is -0.230 e. The Morgan fingerprint density at radius 3 is 2.92 bits per heavy atom. The van der Waals surface area contributed by atoms with E-state index in [2.05, 4.69) is 9.83 Å². The first-order valence-electron chi connectivity index (χ1n) is 3.47. The lowest BCUT2D eigenvalue weighted by molar-refractivity contribution is -0.736. The molecule has 0 fully saturated rings. The fourth-order valence-corrected chi connectivity index (χ4v) is 0.834. The van der Waals surface area contributed by atoms with Gasteiger partial charge in [-0.3, -0.25) is 0 Å². The molecule has 0 aliphatic carbocycles. The smallest absolute Gasteiger partial charge is 0.230 e. The molecule has 1 rings (SSSR count). The second kappa shape index (κ2) is 4.13. The highest BCUT2D eigenvalue weighted by atomic mass is 16.8. The molecule has 1 aromatic rings. The summed E-state index contributed by atoms with van der Waals surface area (Å²) >= 11 is 0. The third-order valence-electron chi connectivity index (χ3n) is 1.38. The molecule has 5 nitrogen and oxygen atoms in total. The molecule has 13 heavy (non-hydrogen) atoms. The van der Waals surface area contributed by atoms with Gasteiger partial charge in [0.05, 0.1) is 10.6 Å². The van der Waals surface area contributed by atoms with Crippen molar-refractivity contribution in [1.29, 1.82) is 0 Å². The van der Waals surface area contributed by atoms with Crippen molar-refractivity contribution in [3.8, 4) is 0 Å². The van der Waals surface area contributed by atoms with Crippen molar-refractivity contribution < 1.29 is 14.6 Å². The van der Waals surface area contributed by atoms with Gasteiger partial charge in [-0.1, -0.05) is 6.07 Å². The predicted octanol–water partition coefficient (Wildman–Crippen LogP) is 1.63. The summed E-state index contributed by atoms with van der Waals surface area (Å²) in [6, 6.07) is 6.13. The second-order valence-corrected chi connectivity index (χ2v) is 2.16. The van der Waals surface area contributed by atoms with Gasteiger partial charge in [0.25, 0.3) is 4.92 Å². The first-order chi connectivity index (χ1) is 6.27. The Hall–Kier alpha value is -2.00. The topological polar surface area (TPSA) is 58.7 Å². The van der Waals surface area contributed by atoms with Gasteiger partial charge in [-0.25, -0.2) is 9.63 Å². The highest BCUT2D eigenvalue weighted by Gasteiger charge is 2.13. The summed E-state index contributed by atoms with van der Waals surface area (Å²) in [6.45, 7) is 0. The van der Waals surface area contributed by atoms with Crippen molar-refractivity contribution in [2.45, 2.75) is 0 Å². The Labute approximate surface area is 74.2 Å². The Morgan fingerprint density at radius 2 is 2.31 bits per heavy atom. The first-order valence-corrected chi connectivity index (χ1v) is 3.47. The first kappa shape index (κ1) is 9.09. The summed E-state index contributed by atoms with van der Waals surface area (Å²) in [7, 11) is 1.25. The fourth-order valence-electron chi connectivity index (χ4n) is 0.834. The van der Waals surface area contributed by atoms with Crippen molar-refractivity contribution >= 4 is 17.5 Å². The summed E-state index contributed by atoms with van der Waals surface area (Å²) in [4.78, 5) is 28.9. The van der Waals surface area contributed by atoms with Crippen molar-refractivity contribution in [2.24, 2.45) is 4.99 Å². The Balaban J connectivity index is 3.04. The molecular weight excluding hydrogens is 172 g/mol. The van der Waals surface area contributed by atoms with Crippen LogP contribution in [0.2, 0.25) is 0 Å². The molecule has 0 amide bonds. The van der Waals surface area contributed by atoms with Gasteiger partial charge in [0.1, 0.15) is 0 Å². The monoisotopic (exact) mass is 179 g/mol. The Morgan fingerprint density at radius 1 is 1.54 bits per heavy atom. The average Bonchev–Trinajstić information content (AvgIpc) is 2.18. The molecule has 0 saturated carbocycles. The van der Waals surface area contributed by atoms with Crippen LogP contribution in [0.25, 0.3) is 0 Å². The van der Waals surface area contributed by atoms with Gasteiger partial charge in [-0.15, -0.1) is 0 Å². The van der Waals surface area contributed by atoms with Crippen LogP contribution in [0.3, 0.4) is 0 Å². The molecule has 5 heteroatoms. The molecule has 0 radical (unpaired) electrons. The number of aliphatic imine (C=N–C) groups is 1. The predicted molar refractivity (Wildman–Crippen MR) is 44.5 cm³/mol. The maximum atomic E-state index is 10.9. The van der Waals surface area contributed by atoms with Crippen LogP contribution in [0.15, 0.2) is 29.3 Å². The van der Waals surface area contributed by atoms with Gasteiger partial charge < -0.3 is 0 Å². The third kappa shape index (κ3) is 2.21. The summed E-state index contributed by atoms with van der Waals surface area (Å²) in [5, 5.41) is 0. The zero-order valence-corrected chi connectivity index (χ0v) is 6.93. The number of carbonyl (C=O) groups excluding carboxylic acids is 1. The molecule has 0 spiro atoms. The summed E-state index contributed by atoms with van der Waals surface area (Å²) < 4.78 is 0. The van der Waals surface area contributed by atoms with Crippen molar-refractivity contribution in [3.63, 3.8) is 0 Å². The van der Waals surface area contributed by atoms with Crippen LogP contribution in [-0.4, -0.2) is 18.1 Å². The van der Waals surface area contributed by atoms with E-state index >= 15 is 0 Å². The molecule has 0 N–H and O–H groups in total. The Bertz CT molecular complexity index is 369. The normalized spacial score (nSPS) is 8.69. The maximum absolute atomic E-state index is 10.9. The highest BCUT2D eigenvalue weighted by molar-refractivity contribution is 5.52. The van der Waals surface area contributed by atoms with Crippen molar-refractivity contribution in [1.82, 2.24) is 0 Å². The number of hydrogen-bond acceptors (Lipinski definition) is 4. The lowest BCUT2D eigenvalue weighted by Crippen LogP contribution is -1.96. The van der Waals surface area contributed by atoms with E-state index in [0.29, 0.717) is 10.6 Å². The van der Waals surface area contributed by atoms with Crippen LogP contribution in [0, 0.1) is 4.91 Å². The zero-order chi connectivity index (χ0) is 9.68. The Kier molecular flexibility index (Phi) is 2.89. The summed E-state index contributed by atoms with van der Waals surface area (Å²) in [5.41, 5.74) is 0.643. The molecule has 0 aromatic heterocycles. The van der Waals surface area contributed by atoms with E-state index < -0.39 is 0 Å². The van der Waals surface area contributed by atoms with Crippen LogP contribution in [0.5, 0.6) is 0 Å². The minimum absolute atomic E-state index is 0.277. The molecular formula is C8H7N2O3+. The van der Waals surface area contributed by atoms with Crippen LogP contribution in [0.1, 0.15) is 0 Å². The molecule has 66 valence electrons. The number of rotatable bonds is 3. The van der Waals surface area contributed by atoms with Crippen LogP contribution >= 0.6 is 0 Å². The number of isocyanates is 1. The van der Waals surface area contributed by atoms with Crippen LogP contribution in [-0.2, 0) is 9.63 Å². The largest absolute Gasteiger partial charge is 0.318 e. The third-order valence-corrected chi connectivity index (χ3v) is 1.38. The van der Waals surface area contributed by atoms with E-state index in [1.54, 1.807) is 18.2 Å². The molecule has 0 atom stereocenters. The molecule has 0 aliphatic rings. The standard InChI is InChI=1S/C8H7N2O3/c1-13-10(12)8-4-2-3-7(5-8)9-6-11/h2-5H,1H3/q+1. The molecule has 0 saturated heterocycles. The van der Waals surface area contributed by atoms with Gasteiger partial charge in [-0.05, 0) is 6.07 Å². The van der Waals surface area contributed by atoms with Crippen molar-refractivity contribution in [3.05, 3.63) is 29.2 Å². The average molecular weight is 179 g/mol. The molecule has 0 bridgehead atoms. The van der Waals surface area contributed by atoms with E-state index in [1.165, 1.54) is 19.3 Å². The highest BCUT2D eigenvalue weighted by Crippen LogP contribution is 2.19. The van der Waals surface area contributed by atoms with Gasteiger partial charge >= 0.3 is 5.69 Å². The maximum Gasteiger partial charge on any atom is 0.318 e. The summed E-state index contributed by atoms with van der Waals surface area (Å²) in [6.07, 6.45) is 1.38. The van der Waals surface area contributed by atoms with Gasteiger partial charge in [0, 0.05) is 12.1 Å². The lowest BCUT2D eigenvalue weighted by Gasteiger charge is -1.89. The summed E-state index contributed by atoms with van der Waals surface area (Å²) in [5.74, 6) is 0. The molecule has 0 heterocycles. The number of nitrogens with zero attached hydrogens (tertiary/aromatic N) is 2. The van der Waals surface area contributed by atoms with E-state index in [0.717, 1.165) is 0 Å². The van der Waals surface area contributed by atoms with E-state index in [4.69, 9.17) is 0 Å². The van der Waals surface area contributed by atoms with Gasteiger partial charge in [0.15, 0.2) is 7.11 Å². The van der Waals surface area contributed by atoms with Crippen LogP contribution in [0.4, 0.5) is 11.4 Å². The number of hydrogen-bond donors (Lipinski definition) is 0. The van der Waals surface area contributed by atoms with Gasteiger partial charge in [0.2, 0.25) is 6.08 Å². The van der Waals surface area contributed by atoms with Crippen LogP contribution < -0.4 is 0 Å². The van der Waals surface area contributed by atoms with E-state index in [9.17, 15) is 9.70 Å². The van der Waals surface area contributed by atoms with E-state index in [1.807, 2.05) is 0 Å². The van der Waals surface area contributed by atoms with Crippen molar-refractivity contribution in [2.75, 3.05) is 7.11 Å². The molecule has 0 unspecified atom stereocenters. The van der Waals surface area contributed by atoms with Gasteiger partial charge in [-0.2, -0.15) is 4.99 Å². The SMILES string of the molecule is CO[N+](=O)c1cccc(N=C=O)c1. The molecule has 1 aromatic carbocycles. The second-order valence-electron chi connectivity index (χ2n) is 2.16. The lowest BCUT2D eigenvalue weighted by atomic mass is 10.3. The number of benzene rings is 1. The van der Waals surface area contributed by atoms with E-state index in [-0.39, 0.29) is 5.69 Å². The fraction of sp³-hybridized carbons (Fsp3) is 0.125. The zero-order valence-electron chi connectivity index (χ0n) is 6.93. The quantitative estimate of drug-likeness (QED) is 0.402. The molecule has 0 aliphatic heterocycles. The minimum atomic E-state index is 0.277.